The van der Waals surface area contributed by atoms with Gasteiger partial charge in [0, 0.05) is 64.6 Å². The van der Waals surface area contributed by atoms with Gasteiger partial charge in [0.2, 0.25) is 5.91 Å². The summed E-state index contributed by atoms with van der Waals surface area (Å²) in [5.41, 5.74) is 15.8. The lowest BCUT2D eigenvalue weighted by Crippen LogP contribution is -2.30. The van der Waals surface area contributed by atoms with Crippen LogP contribution in [0.25, 0.3) is 0 Å². The largest absolute Gasteiger partial charge is 0.493 e. The Morgan fingerprint density at radius 3 is 1.53 bits per heavy atom. The van der Waals surface area contributed by atoms with Crippen LogP contribution in [-0.2, 0) is 43.8 Å². The number of hydrogen-bond acceptors (Lipinski definition) is 6. The summed E-state index contributed by atoms with van der Waals surface area (Å²) >= 11 is 0. The molecule has 0 aromatic heterocycles. The van der Waals surface area contributed by atoms with Crippen LogP contribution in [0.1, 0.15) is 96.6 Å². The number of amides is 1. The van der Waals surface area contributed by atoms with Gasteiger partial charge in [0.25, 0.3) is 11.8 Å². The molecule has 8 rings (SSSR count). The van der Waals surface area contributed by atoms with Gasteiger partial charge in [-0.1, -0.05) is 67.6 Å². The predicted molar refractivity (Wildman–Crippen MR) is 225 cm³/mol. The zero-order valence-corrected chi connectivity index (χ0v) is 35.0. The minimum Gasteiger partial charge on any atom is -0.493 e. The molecule has 0 bridgehead atoms. The van der Waals surface area contributed by atoms with Crippen LogP contribution in [0.15, 0.2) is 84.9 Å². The second kappa shape index (κ2) is 19.0. The molecule has 318 valence electrons. The van der Waals surface area contributed by atoms with Crippen LogP contribution in [0.5, 0.6) is 11.5 Å². The number of carbonyl (C=O) groups is 1. The second-order valence-corrected chi connectivity index (χ2v) is 16.6. The van der Waals surface area contributed by atoms with Crippen molar-refractivity contribution in [3.63, 3.8) is 0 Å². The number of ether oxygens (including phenoxy) is 2. The maximum atomic E-state index is 13.0. The summed E-state index contributed by atoms with van der Waals surface area (Å²) in [7, 11) is 0. The molecule has 4 atom stereocenters. The molecule has 2 unspecified atom stereocenters. The molecule has 4 aliphatic rings. The van der Waals surface area contributed by atoms with Gasteiger partial charge in [0.05, 0.1) is 31.1 Å². The van der Waals surface area contributed by atoms with Gasteiger partial charge in [-0.3, -0.25) is 14.6 Å². The highest BCUT2D eigenvalue weighted by atomic mass is 35.5. The molecule has 0 spiro atoms. The first-order valence-electron chi connectivity index (χ1n) is 20.7. The van der Waals surface area contributed by atoms with E-state index in [4.69, 9.17) is 15.2 Å². The Morgan fingerprint density at radius 1 is 0.712 bits per heavy atom. The molecule has 0 saturated heterocycles. The summed E-state index contributed by atoms with van der Waals surface area (Å²) in [5, 5.41) is 2.99. The van der Waals surface area contributed by atoms with Gasteiger partial charge in [0.15, 0.2) is 0 Å². The Hall–Kier alpha value is -4.16. The van der Waals surface area contributed by atoms with Crippen LogP contribution in [0.4, 0.5) is 17.6 Å². The van der Waals surface area contributed by atoms with Gasteiger partial charge in [-0.25, -0.2) is 17.6 Å². The average Bonchev–Trinajstić information content (AvgIpc) is 4.06. The van der Waals surface area contributed by atoms with Crippen molar-refractivity contribution in [3.8, 4) is 11.5 Å². The third kappa shape index (κ3) is 12.0. The summed E-state index contributed by atoms with van der Waals surface area (Å²) < 4.78 is 63.1. The number of nitrogens with zero attached hydrogens (tertiary/aromatic N) is 2. The number of rotatable bonds is 14. The molecule has 4 aromatic carbocycles. The fourth-order valence-corrected chi connectivity index (χ4v) is 7.70. The third-order valence-electron chi connectivity index (χ3n) is 11.8. The SMILES string of the molecule is CCC(=O)N[C@@H](C)c1ccc(CN2CCc3cc(OCC4CC4(F)F)ccc3C2)cc1.C[C@H](N)c1ccc(CN2CCc3cc(OCC4CC4(F)F)ccc3C2)cc1.Cl. The lowest BCUT2D eigenvalue weighted by atomic mass is 9.98. The summed E-state index contributed by atoms with van der Waals surface area (Å²) in [4.78, 5) is 16.4. The topological polar surface area (TPSA) is 80.1 Å². The van der Waals surface area contributed by atoms with E-state index in [1.54, 1.807) is 0 Å². The van der Waals surface area contributed by atoms with Gasteiger partial charge < -0.3 is 20.5 Å². The summed E-state index contributed by atoms with van der Waals surface area (Å²) in [5.74, 6) is -4.84. The molecule has 2 fully saturated rings. The van der Waals surface area contributed by atoms with Crippen molar-refractivity contribution in [1.29, 1.82) is 0 Å². The molecular formula is C47H57ClF4N4O3. The molecule has 4 aromatic rings. The molecule has 2 aliphatic carbocycles. The van der Waals surface area contributed by atoms with Crippen molar-refractivity contribution in [3.05, 3.63) is 129 Å². The number of benzene rings is 4. The first-order chi connectivity index (χ1) is 27.7. The van der Waals surface area contributed by atoms with Crippen molar-refractivity contribution in [2.75, 3.05) is 26.3 Å². The molecule has 2 saturated carbocycles. The summed E-state index contributed by atoms with van der Waals surface area (Å²) in [6, 6.07) is 28.9. The number of hydrogen-bond donors (Lipinski definition) is 2. The normalized spacial score (nSPS) is 20.9. The highest BCUT2D eigenvalue weighted by Crippen LogP contribution is 2.49. The molecule has 2 heterocycles. The minimum atomic E-state index is -2.53. The molecule has 12 heteroatoms. The second-order valence-electron chi connectivity index (χ2n) is 16.6. The Labute approximate surface area is 352 Å². The first kappa shape index (κ1) is 44.4. The summed E-state index contributed by atoms with van der Waals surface area (Å²) in [6.45, 7) is 11.5. The quantitative estimate of drug-likeness (QED) is 0.123. The van der Waals surface area contributed by atoms with Gasteiger partial charge in [-0.15, -0.1) is 12.4 Å². The van der Waals surface area contributed by atoms with Crippen LogP contribution in [-0.4, -0.2) is 53.9 Å². The van der Waals surface area contributed by atoms with E-state index in [0.29, 0.717) is 17.9 Å². The molecule has 59 heavy (non-hydrogen) atoms. The van der Waals surface area contributed by atoms with Gasteiger partial charge in [-0.2, -0.15) is 0 Å². The number of nitrogens with two attached hydrogens (primary N) is 1. The van der Waals surface area contributed by atoms with E-state index in [2.05, 4.69) is 75.8 Å². The van der Waals surface area contributed by atoms with Crippen molar-refractivity contribution in [2.24, 2.45) is 17.6 Å². The van der Waals surface area contributed by atoms with Crippen molar-refractivity contribution < 1.29 is 31.8 Å². The van der Waals surface area contributed by atoms with E-state index < -0.39 is 23.7 Å². The number of halogens is 5. The number of fused-ring (bicyclic) bond motifs is 2. The van der Waals surface area contributed by atoms with E-state index in [0.717, 1.165) is 63.2 Å². The number of alkyl halides is 4. The van der Waals surface area contributed by atoms with E-state index >= 15 is 0 Å². The maximum Gasteiger partial charge on any atom is 0.255 e. The molecule has 3 N–H and O–H groups in total. The van der Waals surface area contributed by atoms with Gasteiger partial charge in [-0.05, 0) is 95.5 Å². The van der Waals surface area contributed by atoms with Crippen LogP contribution in [0.2, 0.25) is 0 Å². The van der Waals surface area contributed by atoms with Crippen molar-refractivity contribution >= 4 is 18.3 Å². The molecule has 1 amide bonds. The maximum absolute atomic E-state index is 13.0. The van der Waals surface area contributed by atoms with Crippen LogP contribution >= 0.6 is 12.4 Å². The Kier molecular flexibility index (Phi) is 14.3. The highest BCUT2D eigenvalue weighted by Gasteiger charge is 2.57. The fourth-order valence-electron chi connectivity index (χ4n) is 7.70. The lowest BCUT2D eigenvalue weighted by Gasteiger charge is -2.29. The van der Waals surface area contributed by atoms with Crippen LogP contribution in [0.3, 0.4) is 0 Å². The Morgan fingerprint density at radius 2 is 1.14 bits per heavy atom. The van der Waals surface area contributed by atoms with E-state index in [1.165, 1.54) is 33.4 Å². The number of nitrogens with one attached hydrogen (secondary N) is 1. The highest BCUT2D eigenvalue weighted by molar-refractivity contribution is 5.85. The molecular weight excluding hydrogens is 780 g/mol. The van der Waals surface area contributed by atoms with E-state index in [1.807, 2.05) is 45.0 Å². The molecule has 7 nitrogen and oxygen atoms in total. The molecule has 2 aliphatic heterocycles. The smallest absolute Gasteiger partial charge is 0.255 e. The van der Waals surface area contributed by atoms with Crippen LogP contribution in [0, 0.1) is 11.8 Å². The van der Waals surface area contributed by atoms with Crippen LogP contribution < -0.4 is 20.5 Å². The van der Waals surface area contributed by atoms with Crippen molar-refractivity contribution in [1.82, 2.24) is 15.1 Å². The predicted octanol–water partition coefficient (Wildman–Crippen LogP) is 9.59. The zero-order chi connectivity index (χ0) is 41.0. The first-order valence-corrected chi connectivity index (χ1v) is 20.7. The zero-order valence-electron chi connectivity index (χ0n) is 34.2. The van der Waals surface area contributed by atoms with Gasteiger partial charge in [0.1, 0.15) is 11.5 Å². The van der Waals surface area contributed by atoms with Gasteiger partial charge >= 0.3 is 0 Å². The average molecular weight is 837 g/mol. The van der Waals surface area contributed by atoms with Crippen molar-refractivity contribution in [2.45, 2.75) is 103 Å². The monoisotopic (exact) mass is 836 g/mol. The van der Waals surface area contributed by atoms with E-state index in [-0.39, 0.29) is 56.5 Å². The third-order valence-corrected chi connectivity index (χ3v) is 11.8. The fraction of sp³-hybridized carbons (Fsp3) is 0.468. The Balaban J connectivity index is 0.000000197. The molecule has 0 radical (unpaired) electrons. The van der Waals surface area contributed by atoms with E-state index in [9.17, 15) is 22.4 Å². The lowest BCUT2D eigenvalue weighted by molar-refractivity contribution is -0.121. The minimum absolute atomic E-state index is 0. The summed E-state index contributed by atoms with van der Waals surface area (Å²) in [6.07, 6.45) is 2.26. The number of carbonyl (C=O) groups excluding carboxylic acids is 1. The Bertz CT molecular complexity index is 2030. The standard InChI is InChI=1S/C25H30F2N2O2.C22H26F2N2O.ClH/c1-3-24(30)28-17(2)19-6-4-18(5-7-19)14-29-11-10-20-12-23(9-8-21(20)15-29)31-16-22-13-25(22,26)27;1-15(25)17-4-2-16(3-5-17)12-26-9-8-18-10-21(7-6-19(18)13-26)27-14-20-11-22(20,23)24;/h4-9,12,17,22H,3,10-11,13-16H2,1-2H3,(H,28,30);2-7,10,15,20H,8-9,11-14,25H2,1H3;1H/t17-,22?;15-,20?;/m00./s1.